The summed E-state index contributed by atoms with van der Waals surface area (Å²) in [5.74, 6) is -3.32. The van der Waals surface area contributed by atoms with Gasteiger partial charge in [-0.25, -0.2) is 0 Å². The Bertz CT molecular complexity index is 692. The van der Waals surface area contributed by atoms with Gasteiger partial charge in [-0.1, -0.05) is 0 Å². The van der Waals surface area contributed by atoms with Crippen molar-refractivity contribution < 1.29 is 24.1 Å². The van der Waals surface area contributed by atoms with E-state index in [4.69, 9.17) is 0 Å². The molecule has 2 fully saturated rings. The number of fused-ring (bicyclic) bond motifs is 1. The first-order chi connectivity index (χ1) is 10.4. The summed E-state index contributed by atoms with van der Waals surface area (Å²) < 4.78 is 0. The number of carbonyl (C=O) groups is 4. The maximum atomic E-state index is 12.4. The smallest absolute Gasteiger partial charge is 0.257 e. The second kappa shape index (κ2) is 4.86. The van der Waals surface area contributed by atoms with E-state index in [1.165, 1.54) is 12.2 Å². The van der Waals surface area contributed by atoms with E-state index in [1.807, 2.05) is 0 Å². The van der Waals surface area contributed by atoms with Gasteiger partial charge in [-0.05, 0) is 12.5 Å². The van der Waals surface area contributed by atoms with Crippen molar-refractivity contribution in [2.24, 2.45) is 5.92 Å². The van der Waals surface area contributed by atoms with Crippen molar-refractivity contribution in [1.29, 1.82) is 0 Å². The minimum atomic E-state index is -1.04. The quantitative estimate of drug-likeness (QED) is 0.407. The summed E-state index contributed by atoms with van der Waals surface area (Å²) >= 11 is 0. The fourth-order valence-corrected chi connectivity index (χ4v) is 2.90. The second-order valence-electron chi connectivity index (χ2n) is 5.27. The molecule has 2 unspecified atom stereocenters. The first-order valence-electron chi connectivity index (χ1n) is 6.66. The summed E-state index contributed by atoms with van der Waals surface area (Å²) in [6.07, 6.45) is 2.39. The number of hydrogen-bond acceptors (Lipinski definition) is 6. The van der Waals surface area contributed by atoms with Crippen molar-refractivity contribution in [3.63, 3.8) is 0 Å². The number of nitrogens with one attached hydrogen (secondary N) is 1. The van der Waals surface area contributed by atoms with Gasteiger partial charge in [0.1, 0.15) is 6.04 Å². The number of nitrogens with zero attached hydrogens (tertiary/aromatic N) is 2. The van der Waals surface area contributed by atoms with E-state index in [9.17, 15) is 29.3 Å². The molecule has 9 nitrogen and oxygen atoms in total. The van der Waals surface area contributed by atoms with Crippen molar-refractivity contribution >= 4 is 23.6 Å². The zero-order valence-electron chi connectivity index (χ0n) is 11.3. The van der Waals surface area contributed by atoms with Crippen LogP contribution in [-0.2, 0) is 19.2 Å². The maximum Gasteiger partial charge on any atom is 0.257 e. The SMILES string of the molecule is O=C1CCC(N2C(=O)C3=CC=C([N+](=O)[O-])CC3C2=O)C(=O)N1. The summed E-state index contributed by atoms with van der Waals surface area (Å²) in [5.41, 5.74) is 0.000300. The molecule has 1 aliphatic carbocycles. The fraction of sp³-hybridized carbons (Fsp3) is 0.385. The molecule has 1 N–H and O–H groups in total. The van der Waals surface area contributed by atoms with Crippen molar-refractivity contribution in [2.45, 2.75) is 25.3 Å². The molecule has 3 rings (SSSR count). The first kappa shape index (κ1) is 14.1. The lowest BCUT2D eigenvalue weighted by Crippen LogP contribution is -2.54. The van der Waals surface area contributed by atoms with Crippen LogP contribution in [0.2, 0.25) is 0 Å². The Labute approximate surface area is 123 Å². The van der Waals surface area contributed by atoms with Crippen LogP contribution in [0.25, 0.3) is 0 Å². The van der Waals surface area contributed by atoms with Crippen LogP contribution in [0.5, 0.6) is 0 Å². The number of likely N-dealkylation sites (tertiary alicyclic amines) is 1. The standard InChI is InChI=1S/C13H11N3O6/c17-10-4-3-9(11(18)14-10)15-12(19)7-2-1-6(16(21)22)5-8(7)13(15)20/h1-2,8-9H,3-5H2,(H,14,17,18). The highest BCUT2D eigenvalue weighted by molar-refractivity contribution is 6.18. The van der Waals surface area contributed by atoms with E-state index in [0.717, 1.165) is 4.90 Å². The van der Waals surface area contributed by atoms with Gasteiger partial charge in [-0.3, -0.25) is 39.5 Å². The van der Waals surface area contributed by atoms with Gasteiger partial charge in [-0.2, -0.15) is 0 Å². The van der Waals surface area contributed by atoms with Crippen molar-refractivity contribution in [2.75, 3.05) is 0 Å². The normalized spacial score (nSPS) is 28.1. The average Bonchev–Trinajstić information content (AvgIpc) is 2.71. The number of piperidine rings is 1. The van der Waals surface area contributed by atoms with Crippen LogP contribution in [0.4, 0.5) is 0 Å². The van der Waals surface area contributed by atoms with E-state index in [-0.39, 0.29) is 30.5 Å². The average molecular weight is 305 g/mol. The number of hydrogen-bond donors (Lipinski definition) is 1. The van der Waals surface area contributed by atoms with Crippen molar-refractivity contribution in [3.8, 4) is 0 Å². The molecule has 0 spiro atoms. The van der Waals surface area contributed by atoms with Crippen LogP contribution in [0, 0.1) is 16.0 Å². The van der Waals surface area contributed by atoms with Gasteiger partial charge >= 0.3 is 0 Å². The molecule has 3 aliphatic rings. The number of nitro groups is 1. The van der Waals surface area contributed by atoms with Crippen molar-refractivity contribution in [1.82, 2.24) is 10.2 Å². The maximum absolute atomic E-state index is 12.4. The topological polar surface area (TPSA) is 127 Å². The first-order valence-corrected chi connectivity index (χ1v) is 6.66. The third-order valence-corrected chi connectivity index (χ3v) is 4.00. The molecule has 0 saturated carbocycles. The Morgan fingerprint density at radius 2 is 1.95 bits per heavy atom. The highest BCUT2D eigenvalue weighted by atomic mass is 16.6. The number of amides is 4. The number of carbonyl (C=O) groups excluding carboxylic acids is 4. The molecule has 2 atom stereocenters. The van der Waals surface area contributed by atoms with E-state index >= 15 is 0 Å². The minimum absolute atomic E-state index is 0.0373. The van der Waals surface area contributed by atoms with E-state index < -0.39 is 40.5 Å². The van der Waals surface area contributed by atoms with Crippen LogP contribution in [-0.4, -0.2) is 39.5 Å². The van der Waals surface area contributed by atoms with Gasteiger partial charge in [0, 0.05) is 18.1 Å². The van der Waals surface area contributed by atoms with Crippen LogP contribution < -0.4 is 5.32 Å². The molecule has 2 heterocycles. The Kier molecular flexibility index (Phi) is 3.12. The molecular formula is C13H11N3O6. The zero-order valence-corrected chi connectivity index (χ0v) is 11.3. The Morgan fingerprint density at radius 1 is 1.23 bits per heavy atom. The third-order valence-electron chi connectivity index (χ3n) is 4.00. The Balaban J connectivity index is 1.88. The Hall–Kier alpha value is -2.84. The van der Waals surface area contributed by atoms with Crippen LogP contribution in [0.15, 0.2) is 23.4 Å². The van der Waals surface area contributed by atoms with Gasteiger partial charge in [0.25, 0.3) is 5.91 Å². The Morgan fingerprint density at radius 3 is 2.59 bits per heavy atom. The van der Waals surface area contributed by atoms with Crippen LogP contribution in [0.3, 0.4) is 0 Å². The van der Waals surface area contributed by atoms with Crippen LogP contribution in [0.1, 0.15) is 19.3 Å². The minimum Gasteiger partial charge on any atom is -0.295 e. The summed E-state index contributed by atoms with van der Waals surface area (Å²) in [6, 6.07) is -1.04. The second-order valence-corrected chi connectivity index (χ2v) is 5.27. The highest BCUT2D eigenvalue weighted by Gasteiger charge is 2.51. The molecular weight excluding hydrogens is 294 g/mol. The number of rotatable bonds is 2. The van der Waals surface area contributed by atoms with Crippen LogP contribution >= 0.6 is 0 Å². The summed E-state index contributed by atoms with van der Waals surface area (Å²) in [6.45, 7) is 0. The predicted octanol–water partition coefficient (Wildman–Crippen LogP) is -0.733. The number of allylic oxidation sites excluding steroid dienone is 3. The van der Waals surface area contributed by atoms with E-state index in [0.29, 0.717) is 0 Å². The molecule has 2 aliphatic heterocycles. The summed E-state index contributed by atoms with van der Waals surface area (Å²) in [5, 5.41) is 12.9. The van der Waals surface area contributed by atoms with Gasteiger partial charge < -0.3 is 0 Å². The monoisotopic (exact) mass is 305 g/mol. The van der Waals surface area contributed by atoms with Gasteiger partial charge in [0.2, 0.25) is 23.4 Å². The fourth-order valence-electron chi connectivity index (χ4n) is 2.90. The third kappa shape index (κ3) is 2.01. The van der Waals surface area contributed by atoms with Gasteiger partial charge in [0.15, 0.2) is 0 Å². The summed E-state index contributed by atoms with van der Waals surface area (Å²) in [7, 11) is 0. The number of imide groups is 2. The highest BCUT2D eigenvalue weighted by Crippen LogP contribution is 2.36. The lowest BCUT2D eigenvalue weighted by molar-refractivity contribution is -0.428. The predicted molar refractivity (Wildman–Crippen MR) is 69.3 cm³/mol. The molecule has 4 amide bonds. The van der Waals surface area contributed by atoms with E-state index in [1.54, 1.807) is 0 Å². The van der Waals surface area contributed by atoms with Crippen molar-refractivity contribution in [3.05, 3.63) is 33.5 Å². The van der Waals surface area contributed by atoms with Gasteiger partial charge in [-0.15, -0.1) is 0 Å². The molecule has 0 bridgehead atoms. The lowest BCUT2D eigenvalue weighted by atomic mass is 9.92. The summed E-state index contributed by atoms with van der Waals surface area (Å²) in [4.78, 5) is 58.7. The molecule has 0 radical (unpaired) electrons. The zero-order chi connectivity index (χ0) is 16.0. The lowest BCUT2D eigenvalue weighted by Gasteiger charge is -2.27. The van der Waals surface area contributed by atoms with E-state index in [2.05, 4.69) is 5.32 Å². The molecule has 0 aromatic rings. The molecule has 114 valence electrons. The largest absolute Gasteiger partial charge is 0.295 e. The molecule has 0 aromatic heterocycles. The molecule has 9 heteroatoms. The molecule has 22 heavy (non-hydrogen) atoms. The molecule has 2 saturated heterocycles. The van der Waals surface area contributed by atoms with Gasteiger partial charge in [0.05, 0.1) is 17.3 Å². The molecule has 0 aromatic carbocycles.